The topological polar surface area (TPSA) is 54.4 Å². The normalized spacial score (nSPS) is 12.2. The predicted molar refractivity (Wildman–Crippen MR) is 69.6 cm³/mol. The van der Waals surface area contributed by atoms with Crippen LogP contribution in [0, 0.1) is 0 Å². The zero-order chi connectivity index (χ0) is 13.0. The summed E-state index contributed by atoms with van der Waals surface area (Å²) in [6, 6.07) is 13.6. The fourth-order valence-electron chi connectivity index (χ4n) is 2.15. The Balaban J connectivity index is 2.38. The third-order valence-electron chi connectivity index (χ3n) is 3.06. The van der Waals surface area contributed by atoms with Crippen molar-refractivity contribution in [3.63, 3.8) is 0 Å². The van der Waals surface area contributed by atoms with Gasteiger partial charge in [-0.1, -0.05) is 42.5 Å². The molecular formula is C15H14O3. The first-order valence-electron chi connectivity index (χ1n) is 5.87. The van der Waals surface area contributed by atoms with Crippen molar-refractivity contribution in [3.05, 3.63) is 48.0 Å². The van der Waals surface area contributed by atoms with Gasteiger partial charge in [0.15, 0.2) is 0 Å². The van der Waals surface area contributed by atoms with E-state index < -0.39 is 5.97 Å². The highest BCUT2D eigenvalue weighted by molar-refractivity contribution is 5.88. The van der Waals surface area contributed by atoms with Crippen molar-refractivity contribution in [3.8, 4) is 0 Å². The van der Waals surface area contributed by atoms with Crippen molar-refractivity contribution < 1.29 is 14.7 Å². The van der Waals surface area contributed by atoms with Crippen molar-refractivity contribution in [1.82, 2.24) is 0 Å². The van der Waals surface area contributed by atoms with Crippen LogP contribution in [-0.2, 0) is 9.59 Å². The number of carbonyl (C=O) groups excluding carboxylic acids is 1. The van der Waals surface area contributed by atoms with Gasteiger partial charge in [0.1, 0.15) is 6.29 Å². The Morgan fingerprint density at radius 3 is 2.61 bits per heavy atom. The number of benzene rings is 2. The zero-order valence-corrected chi connectivity index (χ0v) is 9.87. The minimum atomic E-state index is -0.873. The summed E-state index contributed by atoms with van der Waals surface area (Å²) in [4.78, 5) is 21.8. The number of carboxylic acids is 1. The second-order valence-corrected chi connectivity index (χ2v) is 4.24. The van der Waals surface area contributed by atoms with Crippen molar-refractivity contribution in [2.75, 3.05) is 0 Å². The molecule has 0 aliphatic heterocycles. The van der Waals surface area contributed by atoms with Crippen LogP contribution in [0.1, 0.15) is 24.3 Å². The smallest absolute Gasteiger partial charge is 0.303 e. The number of carbonyl (C=O) groups is 2. The van der Waals surface area contributed by atoms with Crippen molar-refractivity contribution in [1.29, 1.82) is 0 Å². The molecule has 0 bridgehead atoms. The van der Waals surface area contributed by atoms with E-state index in [1.165, 1.54) is 0 Å². The molecule has 18 heavy (non-hydrogen) atoms. The van der Waals surface area contributed by atoms with Crippen LogP contribution in [0.4, 0.5) is 0 Å². The van der Waals surface area contributed by atoms with Crippen LogP contribution in [-0.4, -0.2) is 17.4 Å². The molecule has 0 aliphatic rings. The molecule has 0 spiro atoms. The first-order valence-corrected chi connectivity index (χ1v) is 5.87. The molecule has 0 aromatic heterocycles. The van der Waals surface area contributed by atoms with Gasteiger partial charge in [-0.25, -0.2) is 0 Å². The highest BCUT2D eigenvalue weighted by Crippen LogP contribution is 2.27. The lowest BCUT2D eigenvalue weighted by molar-refractivity contribution is -0.137. The third-order valence-corrected chi connectivity index (χ3v) is 3.06. The van der Waals surface area contributed by atoms with Crippen LogP contribution >= 0.6 is 0 Å². The van der Waals surface area contributed by atoms with Gasteiger partial charge >= 0.3 is 5.97 Å². The van der Waals surface area contributed by atoms with E-state index in [1.54, 1.807) is 0 Å². The summed E-state index contributed by atoms with van der Waals surface area (Å²) in [5.74, 6) is -1.23. The Morgan fingerprint density at radius 2 is 1.89 bits per heavy atom. The molecule has 0 fully saturated rings. The highest BCUT2D eigenvalue weighted by atomic mass is 16.4. The van der Waals surface area contributed by atoms with E-state index in [4.69, 9.17) is 5.11 Å². The number of fused-ring (bicyclic) bond motifs is 1. The van der Waals surface area contributed by atoms with Gasteiger partial charge < -0.3 is 9.90 Å². The molecule has 0 radical (unpaired) electrons. The fourth-order valence-corrected chi connectivity index (χ4v) is 2.15. The van der Waals surface area contributed by atoms with E-state index in [1.807, 2.05) is 42.5 Å². The third kappa shape index (κ3) is 2.56. The van der Waals surface area contributed by atoms with Crippen molar-refractivity contribution in [2.24, 2.45) is 0 Å². The zero-order valence-electron chi connectivity index (χ0n) is 9.87. The SMILES string of the molecule is O=C[C@@H](CCC(=O)O)c1cccc2ccccc12. The maximum absolute atomic E-state index is 11.2. The molecule has 0 amide bonds. The number of carboxylic acid groups (broad SMARTS) is 1. The minimum Gasteiger partial charge on any atom is -0.481 e. The van der Waals surface area contributed by atoms with Crippen LogP contribution in [0.3, 0.4) is 0 Å². The molecule has 2 aromatic carbocycles. The molecule has 3 heteroatoms. The monoisotopic (exact) mass is 242 g/mol. The molecule has 0 aliphatic carbocycles. The Labute approximate surface area is 105 Å². The van der Waals surface area contributed by atoms with Gasteiger partial charge in [0, 0.05) is 12.3 Å². The minimum absolute atomic E-state index is 0.00658. The molecule has 0 heterocycles. The average molecular weight is 242 g/mol. The number of hydrogen-bond acceptors (Lipinski definition) is 2. The van der Waals surface area contributed by atoms with Gasteiger partial charge in [0.05, 0.1) is 0 Å². The Kier molecular flexibility index (Phi) is 3.72. The number of hydrogen-bond donors (Lipinski definition) is 1. The lowest BCUT2D eigenvalue weighted by Crippen LogP contribution is -2.05. The molecule has 0 saturated carbocycles. The van der Waals surface area contributed by atoms with Crippen molar-refractivity contribution in [2.45, 2.75) is 18.8 Å². The van der Waals surface area contributed by atoms with Crippen LogP contribution in [0.5, 0.6) is 0 Å². The Hall–Kier alpha value is -2.16. The number of rotatable bonds is 5. The summed E-state index contributed by atoms with van der Waals surface area (Å²) in [6.07, 6.45) is 1.18. The molecule has 3 nitrogen and oxygen atoms in total. The van der Waals surface area contributed by atoms with Gasteiger partial charge in [-0.15, -0.1) is 0 Å². The Morgan fingerprint density at radius 1 is 1.17 bits per heavy atom. The molecule has 1 N–H and O–H groups in total. The van der Waals surface area contributed by atoms with Gasteiger partial charge in [-0.3, -0.25) is 4.79 Å². The van der Waals surface area contributed by atoms with Gasteiger partial charge in [0.25, 0.3) is 0 Å². The van der Waals surface area contributed by atoms with Gasteiger partial charge in [-0.05, 0) is 22.8 Å². The van der Waals surface area contributed by atoms with E-state index in [2.05, 4.69) is 0 Å². The molecule has 92 valence electrons. The largest absolute Gasteiger partial charge is 0.481 e. The second kappa shape index (κ2) is 5.45. The summed E-state index contributed by atoms with van der Waals surface area (Å²) in [7, 11) is 0. The summed E-state index contributed by atoms with van der Waals surface area (Å²) in [6.45, 7) is 0. The molecule has 0 saturated heterocycles. The number of aliphatic carboxylic acids is 1. The van der Waals surface area contributed by atoms with E-state index in [-0.39, 0.29) is 12.3 Å². The van der Waals surface area contributed by atoms with E-state index in [9.17, 15) is 9.59 Å². The van der Waals surface area contributed by atoms with Crippen LogP contribution in [0.2, 0.25) is 0 Å². The number of aldehydes is 1. The summed E-state index contributed by atoms with van der Waals surface area (Å²) in [5.41, 5.74) is 0.907. The molecule has 1 atom stereocenters. The second-order valence-electron chi connectivity index (χ2n) is 4.24. The van der Waals surface area contributed by atoms with Gasteiger partial charge in [-0.2, -0.15) is 0 Å². The van der Waals surface area contributed by atoms with Crippen LogP contribution in [0.25, 0.3) is 10.8 Å². The van der Waals surface area contributed by atoms with E-state index >= 15 is 0 Å². The van der Waals surface area contributed by atoms with Crippen LogP contribution < -0.4 is 0 Å². The summed E-state index contributed by atoms with van der Waals surface area (Å²) < 4.78 is 0. The summed E-state index contributed by atoms with van der Waals surface area (Å²) >= 11 is 0. The maximum atomic E-state index is 11.2. The van der Waals surface area contributed by atoms with Gasteiger partial charge in [0.2, 0.25) is 0 Å². The van der Waals surface area contributed by atoms with Crippen LogP contribution in [0.15, 0.2) is 42.5 Å². The first kappa shape index (κ1) is 12.3. The molecule has 2 rings (SSSR count). The molecule has 0 unspecified atom stereocenters. The lowest BCUT2D eigenvalue weighted by Gasteiger charge is -2.12. The fraction of sp³-hybridized carbons (Fsp3) is 0.200. The quantitative estimate of drug-likeness (QED) is 0.820. The van der Waals surface area contributed by atoms with Crippen molar-refractivity contribution >= 4 is 23.0 Å². The predicted octanol–water partition coefficient (Wildman–Crippen LogP) is 2.99. The van der Waals surface area contributed by atoms with E-state index in [0.29, 0.717) is 6.42 Å². The molecular weight excluding hydrogens is 228 g/mol. The molecule has 2 aromatic rings. The highest BCUT2D eigenvalue weighted by Gasteiger charge is 2.14. The lowest BCUT2D eigenvalue weighted by atomic mass is 9.91. The Bertz CT molecular complexity index is 569. The standard InChI is InChI=1S/C15H14O3/c16-10-12(8-9-15(17)18)14-7-3-5-11-4-1-2-6-13(11)14/h1-7,10,12H,8-9H2,(H,17,18)/t12-/m1/s1. The maximum Gasteiger partial charge on any atom is 0.303 e. The van der Waals surface area contributed by atoms with E-state index in [0.717, 1.165) is 22.6 Å². The summed E-state index contributed by atoms with van der Waals surface area (Å²) in [5, 5.41) is 10.8. The average Bonchev–Trinajstić information content (AvgIpc) is 2.39. The first-order chi connectivity index (χ1) is 8.72.